The molecule has 4 heteroatoms. The Morgan fingerprint density at radius 2 is 1.64 bits per heavy atom. The Hall–Kier alpha value is -1.78. The fraction of sp³-hybridized carbons (Fsp3) is 0.381. The van der Waals surface area contributed by atoms with E-state index in [2.05, 4.69) is 65.7 Å². The van der Waals surface area contributed by atoms with Crippen molar-refractivity contribution in [2.45, 2.75) is 37.8 Å². The number of hydrogen-bond acceptors (Lipinski definition) is 3. The molecule has 0 atom stereocenters. The van der Waals surface area contributed by atoms with Gasteiger partial charge in [-0.15, -0.1) is 11.8 Å². The molecule has 132 valence electrons. The molecule has 0 spiro atoms. The van der Waals surface area contributed by atoms with Crippen LogP contribution in [0.4, 0.5) is 0 Å². The zero-order chi connectivity index (χ0) is 17.5. The van der Waals surface area contributed by atoms with Crippen LogP contribution < -0.4 is 5.32 Å². The highest BCUT2D eigenvalue weighted by Gasteiger charge is 2.11. The summed E-state index contributed by atoms with van der Waals surface area (Å²) in [6, 6.07) is 16.9. The summed E-state index contributed by atoms with van der Waals surface area (Å²) in [6.45, 7) is 6.14. The molecule has 1 heterocycles. The lowest BCUT2D eigenvalue weighted by Gasteiger charge is -2.14. The molecule has 0 saturated carbocycles. The first-order valence-corrected chi connectivity index (χ1v) is 9.94. The largest absolute Gasteiger partial charge is 0.351 e. The standard InChI is InChI=1S/C21H26N2OS/c1-17-4-10-20(11-5-17)25-16-21(24)22-14-18-6-8-19(9-7-18)15-23-12-2-3-13-23/h4-11H,2-3,12-16H2,1H3,(H,22,24). The number of carbonyl (C=O) groups excluding carboxylic acids is 1. The van der Waals surface area contributed by atoms with Gasteiger partial charge in [-0.05, 0) is 56.1 Å². The Labute approximate surface area is 154 Å². The first-order valence-electron chi connectivity index (χ1n) is 8.95. The van der Waals surface area contributed by atoms with E-state index in [9.17, 15) is 4.79 Å². The normalized spacial score (nSPS) is 14.6. The second-order valence-corrected chi connectivity index (χ2v) is 7.73. The van der Waals surface area contributed by atoms with Gasteiger partial charge in [-0.25, -0.2) is 0 Å². The van der Waals surface area contributed by atoms with Gasteiger partial charge in [0, 0.05) is 18.0 Å². The van der Waals surface area contributed by atoms with E-state index in [4.69, 9.17) is 0 Å². The van der Waals surface area contributed by atoms with Crippen LogP contribution in [-0.2, 0) is 17.9 Å². The Bertz CT molecular complexity index is 676. The number of rotatable bonds is 7. The van der Waals surface area contributed by atoms with Gasteiger partial charge in [0.05, 0.1) is 5.75 Å². The maximum absolute atomic E-state index is 12.0. The van der Waals surface area contributed by atoms with E-state index in [1.165, 1.54) is 37.1 Å². The first kappa shape index (κ1) is 18.0. The molecule has 0 radical (unpaired) electrons. The van der Waals surface area contributed by atoms with Gasteiger partial charge in [0.25, 0.3) is 0 Å². The van der Waals surface area contributed by atoms with Crippen molar-refractivity contribution in [1.82, 2.24) is 10.2 Å². The van der Waals surface area contributed by atoms with E-state index in [0.29, 0.717) is 12.3 Å². The minimum absolute atomic E-state index is 0.0757. The Morgan fingerprint density at radius 3 is 2.32 bits per heavy atom. The van der Waals surface area contributed by atoms with Crippen LogP contribution >= 0.6 is 11.8 Å². The number of amides is 1. The summed E-state index contributed by atoms with van der Waals surface area (Å²) in [5.41, 5.74) is 3.74. The molecule has 0 unspecified atom stereocenters. The molecular weight excluding hydrogens is 328 g/mol. The van der Waals surface area contributed by atoms with Gasteiger partial charge in [0.1, 0.15) is 0 Å². The quantitative estimate of drug-likeness (QED) is 0.763. The zero-order valence-electron chi connectivity index (χ0n) is 14.8. The molecule has 0 aliphatic carbocycles. The monoisotopic (exact) mass is 354 g/mol. The molecule has 1 saturated heterocycles. The molecule has 3 rings (SSSR count). The summed E-state index contributed by atoms with van der Waals surface area (Å²) in [7, 11) is 0. The predicted molar refractivity (Wildman–Crippen MR) is 105 cm³/mol. The topological polar surface area (TPSA) is 32.3 Å². The summed E-state index contributed by atoms with van der Waals surface area (Å²) < 4.78 is 0. The van der Waals surface area contributed by atoms with Crippen molar-refractivity contribution in [3.8, 4) is 0 Å². The minimum atomic E-state index is 0.0757. The number of benzene rings is 2. The molecule has 1 aliphatic rings. The number of hydrogen-bond donors (Lipinski definition) is 1. The minimum Gasteiger partial charge on any atom is -0.351 e. The average Bonchev–Trinajstić information content (AvgIpc) is 3.14. The lowest BCUT2D eigenvalue weighted by molar-refractivity contribution is -0.118. The molecule has 0 bridgehead atoms. The number of likely N-dealkylation sites (tertiary alicyclic amines) is 1. The number of aryl methyl sites for hydroxylation is 1. The van der Waals surface area contributed by atoms with E-state index in [-0.39, 0.29) is 5.91 Å². The second-order valence-electron chi connectivity index (χ2n) is 6.68. The summed E-state index contributed by atoms with van der Waals surface area (Å²) in [5.74, 6) is 0.530. The van der Waals surface area contributed by atoms with Crippen LogP contribution in [0.15, 0.2) is 53.4 Å². The van der Waals surface area contributed by atoms with E-state index >= 15 is 0 Å². The maximum atomic E-state index is 12.0. The van der Waals surface area contributed by atoms with Gasteiger partial charge in [0.15, 0.2) is 0 Å². The molecule has 2 aromatic rings. The van der Waals surface area contributed by atoms with Gasteiger partial charge >= 0.3 is 0 Å². The van der Waals surface area contributed by atoms with Gasteiger partial charge in [-0.3, -0.25) is 9.69 Å². The van der Waals surface area contributed by atoms with Crippen LogP contribution in [0, 0.1) is 6.92 Å². The number of nitrogens with zero attached hydrogens (tertiary/aromatic N) is 1. The van der Waals surface area contributed by atoms with Crippen LogP contribution in [0.25, 0.3) is 0 Å². The fourth-order valence-electron chi connectivity index (χ4n) is 3.00. The van der Waals surface area contributed by atoms with Gasteiger partial charge in [-0.1, -0.05) is 42.0 Å². The second kappa shape index (κ2) is 9.07. The van der Waals surface area contributed by atoms with Crippen molar-refractivity contribution < 1.29 is 4.79 Å². The average molecular weight is 355 g/mol. The van der Waals surface area contributed by atoms with E-state index in [1.807, 2.05) is 0 Å². The molecule has 3 nitrogen and oxygen atoms in total. The number of thioether (sulfide) groups is 1. The third-order valence-corrected chi connectivity index (χ3v) is 5.52. The molecule has 1 fully saturated rings. The summed E-state index contributed by atoms with van der Waals surface area (Å²) in [5, 5.41) is 3.00. The van der Waals surface area contributed by atoms with Crippen molar-refractivity contribution in [1.29, 1.82) is 0 Å². The first-order chi connectivity index (χ1) is 12.2. The molecule has 1 amide bonds. The predicted octanol–water partition coefficient (Wildman–Crippen LogP) is 4.00. The van der Waals surface area contributed by atoms with Crippen molar-refractivity contribution >= 4 is 17.7 Å². The van der Waals surface area contributed by atoms with Crippen LogP contribution in [0.2, 0.25) is 0 Å². The van der Waals surface area contributed by atoms with E-state index in [0.717, 1.165) is 17.0 Å². The molecule has 25 heavy (non-hydrogen) atoms. The molecule has 1 N–H and O–H groups in total. The van der Waals surface area contributed by atoms with Gasteiger partial charge in [-0.2, -0.15) is 0 Å². The van der Waals surface area contributed by atoms with Crippen LogP contribution in [0.5, 0.6) is 0 Å². The summed E-state index contributed by atoms with van der Waals surface area (Å²) >= 11 is 1.57. The van der Waals surface area contributed by atoms with Gasteiger partial charge < -0.3 is 5.32 Å². The van der Waals surface area contributed by atoms with Crippen LogP contribution in [-0.4, -0.2) is 29.6 Å². The highest BCUT2D eigenvalue weighted by atomic mass is 32.2. The molecule has 2 aromatic carbocycles. The van der Waals surface area contributed by atoms with Gasteiger partial charge in [0.2, 0.25) is 5.91 Å². The van der Waals surface area contributed by atoms with Crippen LogP contribution in [0.1, 0.15) is 29.5 Å². The number of carbonyl (C=O) groups is 1. The third kappa shape index (κ3) is 5.91. The maximum Gasteiger partial charge on any atom is 0.230 e. The Kier molecular flexibility index (Phi) is 6.54. The number of nitrogens with one attached hydrogen (secondary N) is 1. The van der Waals surface area contributed by atoms with Crippen molar-refractivity contribution in [2.75, 3.05) is 18.8 Å². The van der Waals surface area contributed by atoms with E-state index in [1.54, 1.807) is 11.8 Å². The van der Waals surface area contributed by atoms with Crippen molar-refractivity contribution in [3.63, 3.8) is 0 Å². The Morgan fingerprint density at radius 1 is 1.00 bits per heavy atom. The third-order valence-electron chi connectivity index (χ3n) is 4.51. The van der Waals surface area contributed by atoms with E-state index < -0.39 is 0 Å². The fourth-order valence-corrected chi connectivity index (χ4v) is 3.72. The lowest BCUT2D eigenvalue weighted by Crippen LogP contribution is -2.24. The molecular formula is C21H26N2OS. The van der Waals surface area contributed by atoms with Crippen LogP contribution in [0.3, 0.4) is 0 Å². The summed E-state index contributed by atoms with van der Waals surface area (Å²) in [6.07, 6.45) is 2.65. The van der Waals surface area contributed by atoms with Crippen molar-refractivity contribution in [3.05, 3.63) is 65.2 Å². The smallest absolute Gasteiger partial charge is 0.230 e. The lowest BCUT2D eigenvalue weighted by atomic mass is 10.1. The molecule has 0 aromatic heterocycles. The zero-order valence-corrected chi connectivity index (χ0v) is 15.6. The molecule has 1 aliphatic heterocycles. The SMILES string of the molecule is Cc1ccc(SCC(=O)NCc2ccc(CN3CCCC3)cc2)cc1. The van der Waals surface area contributed by atoms with Crippen molar-refractivity contribution in [2.24, 2.45) is 0 Å². The highest BCUT2D eigenvalue weighted by Crippen LogP contribution is 2.18. The highest BCUT2D eigenvalue weighted by molar-refractivity contribution is 8.00. The Balaban J connectivity index is 1.39. The summed E-state index contributed by atoms with van der Waals surface area (Å²) in [4.78, 5) is 15.6.